The van der Waals surface area contributed by atoms with Gasteiger partial charge < -0.3 is 10.6 Å². The van der Waals surface area contributed by atoms with Crippen molar-refractivity contribution >= 4 is 16.7 Å². The van der Waals surface area contributed by atoms with Crippen molar-refractivity contribution in [2.75, 3.05) is 6.26 Å². The molecule has 2 bridgehead atoms. The van der Waals surface area contributed by atoms with Crippen molar-refractivity contribution in [1.82, 2.24) is 15.2 Å². The third-order valence-electron chi connectivity index (χ3n) is 6.13. The predicted molar refractivity (Wildman–Crippen MR) is 114 cm³/mol. The zero-order valence-corrected chi connectivity index (χ0v) is 18.1. The molecule has 0 radical (unpaired) electrons. The molecule has 5 atom stereocenters. The molecule has 7 nitrogen and oxygen atoms in total. The summed E-state index contributed by atoms with van der Waals surface area (Å²) in [5.41, 5.74) is -0.377. The maximum atomic E-state index is 14.7. The van der Waals surface area contributed by atoms with Gasteiger partial charge in [0.15, 0.2) is 5.82 Å². The smallest absolute Gasteiger partial charge is 0.256 e. The number of fused-ring (bicyclic) bond motifs is 2. The highest BCUT2D eigenvalue weighted by atomic mass is 32.2. The van der Waals surface area contributed by atoms with E-state index in [0.29, 0.717) is 6.04 Å². The molecule has 2 N–H and O–H groups in total. The third kappa shape index (κ3) is 4.36. The van der Waals surface area contributed by atoms with Crippen LogP contribution in [0.5, 0.6) is 0 Å². The molecule has 1 aromatic carbocycles. The number of aromatic nitrogens is 1. The average Bonchev–Trinajstić information content (AvgIpc) is 3.39. The van der Waals surface area contributed by atoms with Crippen LogP contribution in [0.3, 0.4) is 0 Å². The second kappa shape index (κ2) is 8.92. The highest BCUT2D eigenvalue weighted by Crippen LogP contribution is 2.35. The van der Waals surface area contributed by atoms with E-state index in [1.54, 1.807) is 0 Å². The Balaban J connectivity index is 1.49. The number of nitrogens with one attached hydrogen (secondary N) is 2. The molecule has 32 heavy (non-hydrogen) atoms. The third-order valence-corrected chi connectivity index (χ3v) is 7.07. The van der Waals surface area contributed by atoms with E-state index in [2.05, 4.69) is 10.6 Å². The van der Waals surface area contributed by atoms with Crippen LogP contribution in [0.25, 0.3) is 5.69 Å². The summed E-state index contributed by atoms with van der Waals surface area (Å²) in [6, 6.07) is 5.91. The van der Waals surface area contributed by atoms with Gasteiger partial charge in [0.05, 0.1) is 33.5 Å². The Morgan fingerprint density at radius 2 is 2.12 bits per heavy atom. The fourth-order valence-electron chi connectivity index (χ4n) is 4.53. The largest absolute Gasteiger partial charge is 0.339 e. The summed E-state index contributed by atoms with van der Waals surface area (Å²) in [7, 11) is -1.67. The van der Waals surface area contributed by atoms with Crippen molar-refractivity contribution < 1.29 is 17.8 Å². The number of carbonyl (C=O) groups is 1. The minimum Gasteiger partial charge on any atom is -0.339 e. The van der Waals surface area contributed by atoms with Crippen molar-refractivity contribution in [2.24, 2.45) is 5.92 Å². The van der Waals surface area contributed by atoms with E-state index in [-0.39, 0.29) is 40.4 Å². The minimum atomic E-state index is -1.67. The number of pyridine rings is 1. The van der Waals surface area contributed by atoms with Crippen molar-refractivity contribution in [2.45, 2.75) is 48.7 Å². The van der Waals surface area contributed by atoms with Gasteiger partial charge in [-0.3, -0.25) is 18.4 Å². The molecule has 1 saturated heterocycles. The quantitative estimate of drug-likeness (QED) is 0.681. The summed E-state index contributed by atoms with van der Waals surface area (Å²) in [6.07, 6.45) is 5.08. The maximum absolute atomic E-state index is 14.7. The SMILES string of the molecule is CS(=O)c1cc(=O)n(-c2ccc(C[C@@H](C#N)NC(=O)[C@H]3N[C@@H]4CC[C@H]3C4)c(F)c2)cc1F. The highest BCUT2D eigenvalue weighted by Gasteiger charge is 2.43. The van der Waals surface area contributed by atoms with E-state index in [9.17, 15) is 27.8 Å². The molecule has 1 saturated carbocycles. The Bertz CT molecular complexity index is 1190. The van der Waals surface area contributed by atoms with Gasteiger partial charge in [-0.1, -0.05) is 6.07 Å². The summed E-state index contributed by atoms with van der Waals surface area (Å²) in [5, 5.41) is 15.4. The monoisotopic (exact) mass is 460 g/mol. The zero-order chi connectivity index (χ0) is 23.0. The van der Waals surface area contributed by atoms with Crippen LogP contribution in [0, 0.1) is 28.9 Å². The fraction of sp³-hybridized carbons (Fsp3) is 0.409. The van der Waals surface area contributed by atoms with Gasteiger partial charge in [-0.15, -0.1) is 0 Å². The molecule has 1 aliphatic heterocycles. The van der Waals surface area contributed by atoms with E-state index in [1.807, 2.05) is 6.07 Å². The normalized spacial score (nSPS) is 23.5. The molecule has 2 fully saturated rings. The summed E-state index contributed by atoms with van der Waals surface area (Å²) < 4.78 is 41.3. The first kappa shape index (κ1) is 22.3. The Kier molecular flexibility index (Phi) is 6.22. The number of hydrogen-bond acceptors (Lipinski definition) is 5. The van der Waals surface area contributed by atoms with Gasteiger partial charge in [0, 0.05) is 31.0 Å². The van der Waals surface area contributed by atoms with Gasteiger partial charge in [-0.2, -0.15) is 5.26 Å². The second-order valence-electron chi connectivity index (χ2n) is 8.23. The topological polar surface area (TPSA) is 104 Å². The van der Waals surface area contributed by atoms with E-state index in [1.165, 1.54) is 18.4 Å². The molecule has 10 heteroatoms. The summed E-state index contributed by atoms with van der Waals surface area (Å²) in [6.45, 7) is 0. The molecule has 1 aromatic heterocycles. The Morgan fingerprint density at radius 3 is 2.72 bits per heavy atom. The zero-order valence-electron chi connectivity index (χ0n) is 17.3. The molecule has 0 spiro atoms. The number of halogens is 2. The molecule has 2 heterocycles. The van der Waals surface area contributed by atoms with Gasteiger partial charge in [0.1, 0.15) is 11.9 Å². The van der Waals surface area contributed by atoms with Crippen LogP contribution in [0.2, 0.25) is 0 Å². The van der Waals surface area contributed by atoms with Crippen LogP contribution in [-0.2, 0) is 22.0 Å². The Morgan fingerprint density at radius 1 is 1.34 bits per heavy atom. The lowest BCUT2D eigenvalue weighted by Gasteiger charge is -2.23. The highest BCUT2D eigenvalue weighted by molar-refractivity contribution is 7.84. The number of carbonyl (C=O) groups excluding carboxylic acids is 1. The average molecular weight is 461 g/mol. The molecular weight excluding hydrogens is 438 g/mol. The first-order chi connectivity index (χ1) is 15.3. The van der Waals surface area contributed by atoms with E-state index >= 15 is 0 Å². The molecule has 168 valence electrons. The van der Waals surface area contributed by atoms with Crippen molar-refractivity contribution in [1.29, 1.82) is 5.26 Å². The van der Waals surface area contributed by atoms with Gasteiger partial charge in [0.25, 0.3) is 5.56 Å². The number of piperidine rings is 1. The van der Waals surface area contributed by atoms with E-state index in [4.69, 9.17) is 0 Å². The Hall–Kier alpha value is -2.90. The number of amides is 1. The molecule has 4 rings (SSSR count). The number of hydrogen-bond donors (Lipinski definition) is 2. The molecule has 2 aliphatic rings. The molecule has 1 aliphatic carbocycles. The van der Waals surface area contributed by atoms with Crippen LogP contribution in [0.15, 0.2) is 40.2 Å². The lowest BCUT2D eigenvalue weighted by atomic mass is 9.98. The van der Waals surface area contributed by atoms with Crippen molar-refractivity contribution in [3.05, 3.63) is 58.0 Å². The summed E-state index contributed by atoms with van der Waals surface area (Å²) in [4.78, 5) is 24.6. The molecule has 1 unspecified atom stereocenters. The van der Waals surface area contributed by atoms with Crippen LogP contribution in [0.1, 0.15) is 24.8 Å². The van der Waals surface area contributed by atoms with Gasteiger partial charge >= 0.3 is 0 Å². The van der Waals surface area contributed by atoms with Gasteiger partial charge in [0.2, 0.25) is 5.91 Å². The number of rotatable bonds is 6. The van der Waals surface area contributed by atoms with Crippen LogP contribution in [-0.4, -0.2) is 39.1 Å². The first-order valence-corrected chi connectivity index (χ1v) is 11.8. The fourth-order valence-corrected chi connectivity index (χ4v) is 5.12. The van der Waals surface area contributed by atoms with Crippen molar-refractivity contribution in [3.8, 4) is 11.8 Å². The Labute approximate surface area is 185 Å². The minimum absolute atomic E-state index is 0.0494. The maximum Gasteiger partial charge on any atom is 0.256 e. The van der Waals surface area contributed by atoms with E-state index in [0.717, 1.165) is 42.2 Å². The second-order valence-corrected chi connectivity index (χ2v) is 9.58. The van der Waals surface area contributed by atoms with Crippen molar-refractivity contribution in [3.63, 3.8) is 0 Å². The molecule has 2 aromatic rings. The van der Waals surface area contributed by atoms with E-state index < -0.39 is 34.0 Å². The van der Waals surface area contributed by atoms with Gasteiger partial charge in [-0.05, 0) is 42.9 Å². The predicted octanol–water partition coefficient (Wildman–Crippen LogP) is 1.54. The lowest BCUT2D eigenvalue weighted by molar-refractivity contribution is -0.124. The molecular formula is C22H22F2N4O3S. The lowest BCUT2D eigenvalue weighted by Crippen LogP contribution is -2.50. The summed E-state index contributed by atoms with van der Waals surface area (Å²) in [5.74, 6) is -1.51. The molecule has 1 amide bonds. The van der Waals surface area contributed by atoms with Crippen LogP contribution >= 0.6 is 0 Å². The summed E-state index contributed by atoms with van der Waals surface area (Å²) >= 11 is 0. The number of benzene rings is 1. The number of nitrogens with zero attached hydrogens (tertiary/aromatic N) is 2. The van der Waals surface area contributed by atoms with Gasteiger partial charge in [-0.25, -0.2) is 8.78 Å². The first-order valence-electron chi connectivity index (χ1n) is 10.3. The van der Waals surface area contributed by atoms with Crippen LogP contribution in [0.4, 0.5) is 8.78 Å². The number of nitriles is 1. The standard InChI is InChI=1S/C22H22F2N4O3S/c1-32(31)19-9-20(29)28(11-18(19)24)16-5-3-12(17(23)8-16)6-15(10-25)27-22(30)21-13-2-4-14(7-13)26-21/h3,5,8-9,11,13-15,21,26H,2,4,6-7H2,1H3,(H,27,30)/t13-,14+,15-,21-,32?/m0/s1. The van der Waals surface area contributed by atoms with Crippen LogP contribution < -0.4 is 16.2 Å².